The Morgan fingerprint density at radius 3 is 2.86 bits per heavy atom. The van der Waals surface area contributed by atoms with Gasteiger partial charge in [0.05, 0.1) is 5.52 Å². The first kappa shape index (κ1) is 9.44. The average Bonchev–Trinajstić information content (AvgIpc) is 2.17. The Kier molecular flexibility index (Phi) is 2.40. The van der Waals surface area contributed by atoms with Gasteiger partial charge in [0, 0.05) is 28.2 Å². The van der Waals surface area contributed by atoms with E-state index in [1.165, 1.54) is 0 Å². The Balaban J connectivity index is 2.83. The summed E-state index contributed by atoms with van der Waals surface area (Å²) in [5.74, 6) is 0. The van der Waals surface area contributed by atoms with Gasteiger partial charge in [0.25, 0.3) is 0 Å². The van der Waals surface area contributed by atoms with Crippen LogP contribution < -0.4 is 5.73 Å². The van der Waals surface area contributed by atoms with Crippen molar-refractivity contribution in [2.75, 3.05) is 0 Å². The fourth-order valence-electron chi connectivity index (χ4n) is 1.58. The molecule has 0 saturated carbocycles. The fraction of sp³-hybridized carbons (Fsp3) is 0.182. The van der Waals surface area contributed by atoms with Gasteiger partial charge in [0.15, 0.2) is 0 Å². The summed E-state index contributed by atoms with van der Waals surface area (Å²) in [5.41, 5.74) is 7.68. The third kappa shape index (κ3) is 1.47. The molecule has 72 valence electrons. The van der Waals surface area contributed by atoms with Gasteiger partial charge in [-0.25, -0.2) is 0 Å². The number of pyridine rings is 1. The number of hydrogen-bond acceptors (Lipinski definition) is 2. The first-order chi connectivity index (χ1) is 6.70. The predicted octanol–water partition coefficient (Wildman–Crippen LogP) is 2.91. The van der Waals surface area contributed by atoms with Crippen molar-refractivity contribution in [3.05, 3.63) is 41.0 Å². The van der Waals surface area contributed by atoms with Crippen LogP contribution in [0.5, 0.6) is 0 Å². The van der Waals surface area contributed by atoms with Crippen molar-refractivity contribution >= 4 is 22.5 Å². The van der Waals surface area contributed by atoms with Crippen LogP contribution in [0.1, 0.15) is 18.5 Å². The lowest BCUT2D eigenvalue weighted by Gasteiger charge is -2.10. The quantitative estimate of drug-likeness (QED) is 0.779. The Morgan fingerprint density at radius 2 is 2.14 bits per heavy atom. The molecule has 0 aliphatic carbocycles. The molecule has 1 heterocycles. The first-order valence-electron chi connectivity index (χ1n) is 4.49. The van der Waals surface area contributed by atoms with Crippen molar-refractivity contribution in [2.45, 2.75) is 13.0 Å². The zero-order valence-corrected chi connectivity index (χ0v) is 8.62. The summed E-state index contributed by atoms with van der Waals surface area (Å²) in [6.07, 6.45) is 1.75. The predicted molar refractivity (Wildman–Crippen MR) is 59.4 cm³/mol. The van der Waals surface area contributed by atoms with E-state index in [1.54, 1.807) is 6.20 Å². The number of fused-ring (bicyclic) bond motifs is 1. The summed E-state index contributed by atoms with van der Waals surface area (Å²) in [4.78, 5) is 4.30. The third-order valence-corrected chi connectivity index (χ3v) is 2.55. The van der Waals surface area contributed by atoms with E-state index in [9.17, 15) is 0 Å². The number of nitrogens with two attached hydrogens (primary N) is 1. The molecule has 1 aromatic carbocycles. The molecule has 2 nitrogen and oxygen atoms in total. The van der Waals surface area contributed by atoms with Crippen molar-refractivity contribution in [2.24, 2.45) is 5.73 Å². The van der Waals surface area contributed by atoms with Crippen LogP contribution in [0.3, 0.4) is 0 Å². The normalized spacial score (nSPS) is 13.1. The lowest BCUT2D eigenvalue weighted by atomic mass is 10.0. The second-order valence-electron chi connectivity index (χ2n) is 3.32. The van der Waals surface area contributed by atoms with Gasteiger partial charge in [-0.1, -0.05) is 23.7 Å². The minimum Gasteiger partial charge on any atom is -0.324 e. The molecular weight excluding hydrogens is 196 g/mol. The molecule has 0 saturated heterocycles. The molecule has 0 aliphatic rings. The highest BCUT2D eigenvalue weighted by Gasteiger charge is 2.10. The molecule has 1 unspecified atom stereocenters. The second kappa shape index (κ2) is 3.56. The Morgan fingerprint density at radius 1 is 1.36 bits per heavy atom. The molecule has 3 heteroatoms. The van der Waals surface area contributed by atoms with Crippen molar-refractivity contribution < 1.29 is 0 Å². The van der Waals surface area contributed by atoms with E-state index in [-0.39, 0.29) is 6.04 Å². The molecule has 0 spiro atoms. The Hall–Kier alpha value is -1.12. The van der Waals surface area contributed by atoms with Crippen molar-refractivity contribution in [3.8, 4) is 0 Å². The zero-order chi connectivity index (χ0) is 10.1. The Labute approximate surface area is 87.7 Å². The summed E-state index contributed by atoms with van der Waals surface area (Å²) in [6, 6.07) is 7.63. The van der Waals surface area contributed by atoms with Gasteiger partial charge in [-0.05, 0) is 19.1 Å². The van der Waals surface area contributed by atoms with Crippen LogP contribution in [-0.4, -0.2) is 4.98 Å². The fourth-order valence-corrected chi connectivity index (χ4v) is 1.90. The maximum Gasteiger partial charge on any atom is 0.0764 e. The average molecular weight is 207 g/mol. The largest absolute Gasteiger partial charge is 0.324 e. The molecular formula is C11H11ClN2. The van der Waals surface area contributed by atoms with Crippen LogP contribution in [0.4, 0.5) is 0 Å². The minimum absolute atomic E-state index is 0.0962. The van der Waals surface area contributed by atoms with Gasteiger partial charge in [0.2, 0.25) is 0 Å². The lowest BCUT2D eigenvalue weighted by Crippen LogP contribution is -2.07. The zero-order valence-electron chi connectivity index (χ0n) is 7.87. The summed E-state index contributed by atoms with van der Waals surface area (Å²) in [6.45, 7) is 1.91. The topological polar surface area (TPSA) is 38.9 Å². The van der Waals surface area contributed by atoms with Crippen LogP contribution in [-0.2, 0) is 0 Å². The Bertz CT molecular complexity index is 466. The number of rotatable bonds is 1. The molecule has 2 N–H and O–H groups in total. The second-order valence-corrected chi connectivity index (χ2v) is 3.73. The first-order valence-corrected chi connectivity index (χ1v) is 4.86. The SMILES string of the molecule is CC(N)c1c(Cl)ccc2cccnc12. The molecule has 0 aliphatic heterocycles. The maximum atomic E-state index is 6.08. The third-order valence-electron chi connectivity index (χ3n) is 2.22. The molecule has 0 bridgehead atoms. The highest BCUT2D eigenvalue weighted by Crippen LogP contribution is 2.28. The maximum absolute atomic E-state index is 6.08. The van der Waals surface area contributed by atoms with Gasteiger partial charge >= 0.3 is 0 Å². The van der Waals surface area contributed by atoms with Gasteiger partial charge in [-0.3, -0.25) is 4.98 Å². The van der Waals surface area contributed by atoms with Gasteiger partial charge < -0.3 is 5.73 Å². The number of nitrogens with zero attached hydrogens (tertiary/aromatic N) is 1. The lowest BCUT2D eigenvalue weighted by molar-refractivity contribution is 0.824. The van der Waals surface area contributed by atoms with E-state index in [2.05, 4.69) is 4.98 Å². The van der Waals surface area contributed by atoms with Crippen LogP contribution in [0, 0.1) is 0 Å². The molecule has 1 atom stereocenters. The van der Waals surface area contributed by atoms with E-state index in [4.69, 9.17) is 17.3 Å². The monoisotopic (exact) mass is 206 g/mol. The van der Waals surface area contributed by atoms with E-state index in [1.807, 2.05) is 31.2 Å². The van der Waals surface area contributed by atoms with E-state index >= 15 is 0 Å². The van der Waals surface area contributed by atoms with Gasteiger partial charge in [-0.15, -0.1) is 0 Å². The summed E-state index contributed by atoms with van der Waals surface area (Å²) < 4.78 is 0. The smallest absolute Gasteiger partial charge is 0.0764 e. The van der Waals surface area contributed by atoms with Crippen LogP contribution in [0.25, 0.3) is 10.9 Å². The van der Waals surface area contributed by atoms with Crippen molar-refractivity contribution in [3.63, 3.8) is 0 Å². The molecule has 1 aromatic heterocycles. The number of halogens is 1. The molecule has 2 aromatic rings. The molecule has 0 radical (unpaired) electrons. The van der Waals surface area contributed by atoms with E-state index in [0.717, 1.165) is 16.5 Å². The minimum atomic E-state index is -0.0962. The van der Waals surface area contributed by atoms with Crippen LogP contribution in [0.2, 0.25) is 5.02 Å². The van der Waals surface area contributed by atoms with Crippen molar-refractivity contribution in [1.29, 1.82) is 0 Å². The molecule has 2 rings (SSSR count). The highest BCUT2D eigenvalue weighted by atomic mass is 35.5. The number of benzene rings is 1. The van der Waals surface area contributed by atoms with Crippen LogP contribution in [0.15, 0.2) is 30.5 Å². The van der Waals surface area contributed by atoms with Crippen LogP contribution >= 0.6 is 11.6 Å². The molecule has 0 fully saturated rings. The highest BCUT2D eigenvalue weighted by molar-refractivity contribution is 6.32. The number of hydrogen-bond donors (Lipinski definition) is 1. The summed E-state index contributed by atoms with van der Waals surface area (Å²) in [5, 5.41) is 1.76. The molecule has 0 amide bonds. The van der Waals surface area contributed by atoms with Gasteiger partial charge in [-0.2, -0.15) is 0 Å². The van der Waals surface area contributed by atoms with Gasteiger partial charge in [0.1, 0.15) is 0 Å². The van der Waals surface area contributed by atoms with Crippen molar-refractivity contribution in [1.82, 2.24) is 4.98 Å². The number of aromatic nitrogens is 1. The van der Waals surface area contributed by atoms with E-state index in [0.29, 0.717) is 5.02 Å². The molecule has 14 heavy (non-hydrogen) atoms. The summed E-state index contributed by atoms with van der Waals surface area (Å²) in [7, 11) is 0. The van der Waals surface area contributed by atoms with E-state index < -0.39 is 0 Å². The summed E-state index contributed by atoms with van der Waals surface area (Å²) >= 11 is 6.08. The standard InChI is InChI=1S/C11H11ClN2/c1-7(13)10-9(12)5-4-8-3-2-6-14-11(8)10/h2-7H,13H2,1H3.